The third kappa shape index (κ3) is 4.44. The SMILES string of the molecule is C[AsH]C(O)(O)O. The van der Waals surface area contributed by atoms with E-state index in [0.717, 1.165) is 0 Å². The second kappa shape index (κ2) is 1.94. The van der Waals surface area contributed by atoms with E-state index in [1.165, 1.54) is 0 Å². The van der Waals surface area contributed by atoms with Crippen molar-refractivity contribution >= 4 is 15.8 Å². The van der Waals surface area contributed by atoms with Gasteiger partial charge in [-0.3, -0.25) is 0 Å². The molecule has 0 rings (SSSR count). The molecule has 4 heteroatoms. The van der Waals surface area contributed by atoms with Gasteiger partial charge in [0.15, 0.2) is 0 Å². The van der Waals surface area contributed by atoms with Crippen LogP contribution < -0.4 is 0 Å². The van der Waals surface area contributed by atoms with Crippen molar-refractivity contribution in [1.82, 2.24) is 0 Å². The average Bonchev–Trinajstić information content (AvgIpc) is 1.35. The molecule has 38 valence electrons. The van der Waals surface area contributed by atoms with Crippen molar-refractivity contribution < 1.29 is 15.3 Å². The molecule has 0 aromatic heterocycles. The number of aliphatic hydroxyl groups is 3. The van der Waals surface area contributed by atoms with E-state index in [-0.39, 0.29) is 0 Å². The Morgan fingerprint density at radius 3 is 1.50 bits per heavy atom. The third-order valence-corrected chi connectivity index (χ3v) is 1.74. The molecule has 0 fully saturated rings. The summed E-state index contributed by atoms with van der Waals surface area (Å²) in [6.45, 7) is 0. The van der Waals surface area contributed by atoms with Crippen LogP contribution in [0, 0.1) is 0 Å². The van der Waals surface area contributed by atoms with Crippen LogP contribution in [0.25, 0.3) is 0 Å². The first-order chi connectivity index (χ1) is 2.56. The third-order valence-electron chi connectivity index (χ3n) is 0.335. The van der Waals surface area contributed by atoms with Gasteiger partial charge >= 0.3 is 41.5 Å². The van der Waals surface area contributed by atoms with Crippen LogP contribution in [0.15, 0.2) is 0 Å². The number of hydrogen-bond donors (Lipinski definition) is 3. The summed E-state index contributed by atoms with van der Waals surface area (Å²) in [5, 5.41) is 24.0. The van der Waals surface area contributed by atoms with Crippen LogP contribution in [0.1, 0.15) is 0 Å². The van der Waals surface area contributed by atoms with Gasteiger partial charge in [-0.05, 0) is 0 Å². The monoisotopic (exact) mass is 154 g/mol. The van der Waals surface area contributed by atoms with E-state index < -0.39 is 20.5 Å². The van der Waals surface area contributed by atoms with Gasteiger partial charge < -0.3 is 0 Å². The molecule has 0 radical (unpaired) electrons. The van der Waals surface area contributed by atoms with Gasteiger partial charge in [-0.2, -0.15) is 0 Å². The molecule has 1 unspecified atom stereocenters. The predicted octanol–water partition coefficient (Wildman–Crippen LogP) is -1.94. The Kier molecular flexibility index (Phi) is 2.08. The standard InChI is InChI=1S/C2H7AsO3/c1-3-2(4,5)6/h3-6H,1H3. The summed E-state index contributed by atoms with van der Waals surface area (Å²) in [5.74, 6) is 0. The molecule has 0 bridgehead atoms. The van der Waals surface area contributed by atoms with Crippen LogP contribution in [-0.4, -0.2) is 35.8 Å². The fraction of sp³-hybridized carbons (Fsp3) is 1.00. The van der Waals surface area contributed by atoms with Crippen molar-refractivity contribution in [2.24, 2.45) is 0 Å². The molecule has 0 spiro atoms. The molecule has 1 atom stereocenters. The van der Waals surface area contributed by atoms with Gasteiger partial charge in [-0.15, -0.1) is 0 Å². The molecule has 6 heavy (non-hydrogen) atoms. The maximum atomic E-state index is 7.99. The first-order valence-electron chi connectivity index (χ1n) is 1.42. The maximum absolute atomic E-state index is 7.99. The topological polar surface area (TPSA) is 60.7 Å². The van der Waals surface area contributed by atoms with E-state index in [2.05, 4.69) is 0 Å². The van der Waals surface area contributed by atoms with Crippen molar-refractivity contribution in [3.63, 3.8) is 0 Å². The minimum absolute atomic E-state index is 0.979. The second-order valence-corrected chi connectivity index (χ2v) is 3.34. The summed E-state index contributed by atoms with van der Waals surface area (Å²) in [7, 11) is 0. The van der Waals surface area contributed by atoms with E-state index >= 15 is 0 Å². The fourth-order valence-corrected chi connectivity index (χ4v) is 0. The zero-order valence-electron chi connectivity index (χ0n) is 3.34. The van der Waals surface area contributed by atoms with E-state index in [0.29, 0.717) is 0 Å². The Hall–Kier alpha value is 0.438. The van der Waals surface area contributed by atoms with Gasteiger partial charge in [0.05, 0.1) is 0 Å². The zero-order valence-corrected chi connectivity index (χ0v) is 5.44. The fourth-order valence-electron chi connectivity index (χ4n) is 0. The first kappa shape index (κ1) is 6.44. The molecule has 0 saturated heterocycles. The van der Waals surface area contributed by atoms with Crippen molar-refractivity contribution in [2.75, 3.05) is 0 Å². The van der Waals surface area contributed by atoms with Crippen LogP contribution in [0.4, 0.5) is 0 Å². The predicted molar refractivity (Wildman–Crippen MR) is 22.4 cm³/mol. The van der Waals surface area contributed by atoms with Gasteiger partial charge in [-0.1, -0.05) is 0 Å². The summed E-state index contributed by atoms with van der Waals surface area (Å²) < 4.78 is -2.33. The molecule has 0 aromatic carbocycles. The quantitative estimate of drug-likeness (QED) is 0.304. The molecular weight excluding hydrogens is 147 g/mol. The Morgan fingerprint density at radius 2 is 1.50 bits per heavy atom. The van der Waals surface area contributed by atoms with Gasteiger partial charge in [0.2, 0.25) is 0 Å². The van der Waals surface area contributed by atoms with Crippen LogP contribution >= 0.6 is 0 Å². The summed E-state index contributed by atoms with van der Waals surface area (Å²) in [5.41, 5.74) is 1.58. The summed E-state index contributed by atoms with van der Waals surface area (Å²) in [6.07, 6.45) is 0. The zero-order chi connectivity index (χ0) is 5.21. The Morgan fingerprint density at radius 1 is 1.33 bits per heavy atom. The Labute approximate surface area is 42.3 Å². The molecule has 0 amide bonds. The molecule has 0 aliphatic rings. The van der Waals surface area contributed by atoms with Gasteiger partial charge in [0, 0.05) is 0 Å². The average molecular weight is 154 g/mol. The number of rotatable bonds is 1. The normalized spacial score (nSPS) is 14.0. The molecule has 0 saturated carbocycles. The summed E-state index contributed by atoms with van der Waals surface area (Å²) in [4.78, 5) is 0. The minimum atomic E-state index is -2.33. The van der Waals surface area contributed by atoms with Crippen LogP contribution in [0.5, 0.6) is 0 Å². The van der Waals surface area contributed by atoms with Crippen LogP contribution in [0.2, 0.25) is 5.71 Å². The molecule has 3 N–H and O–H groups in total. The summed E-state index contributed by atoms with van der Waals surface area (Å²) in [6, 6.07) is 0. The number of hydrogen-bond acceptors (Lipinski definition) is 3. The van der Waals surface area contributed by atoms with E-state index in [1.807, 2.05) is 0 Å². The van der Waals surface area contributed by atoms with Gasteiger partial charge in [0.25, 0.3) is 0 Å². The second-order valence-electron chi connectivity index (χ2n) is 0.885. The Balaban J connectivity index is 3.17. The van der Waals surface area contributed by atoms with E-state index in [9.17, 15) is 0 Å². The molecule has 0 aromatic rings. The van der Waals surface area contributed by atoms with E-state index in [1.54, 1.807) is 5.71 Å². The van der Waals surface area contributed by atoms with Crippen molar-refractivity contribution in [3.8, 4) is 0 Å². The Bertz CT molecular complexity index is 38.5. The summed E-state index contributed by atoms with van der Waals surface area (Å²) >= 11 is -0.979. The molecule has 0 heterocycles. The molecule has 3 nitrogen and oxygen atoms in total. The van der Waals surface area contributed by atoms with Crippen molar-refractivity contribution in [3.05, 3.63) is 0 Å². The van der Waals surface area contributed by atoms with E-state index in [4.69, 9.17) is 15.3 Å². The van der Waals surface area contributed by atoms with Gasteiger partial charge in [0.1, 0.15) is 0 Å². The van der Waals surface area contributed by atoms with Crippen LogP contribution in [0.3, 0.4) is 0 Å². The molecule has 0 aliphatic heterocycles. The molecular formula is C2H7AsO3. The van der Waals surface area contributed by atoms with Crippen molar-refractivity contribution in [2.45, 2.75) is 10.5 Å². The van der Waals surface area contributed by atoms with Gasteiger partial charge in [-0.25, -0.2) is 0 Å². The first-order valence-corrected chi connectivity index (χ1v) is 4.57. The van der Waals surface area contributed by atoms with Crippen LogP contribution in [-0.2, 0) is 0 Å². The van der Waals surface area contributed by atoms with Crippen molar-refractivity contribution in [1.29, 1.82) is 0 Å². The molecule has 0 aliphatic carbocycles.